The first-order valence-electron chi connectivity index (χ1n) is 4.00. The van der Waals surface area contributed by atoms with Crippen molar-refractivity contribution < 1.29 is 9.53 Å². The molecule has 12 heavy (non-hydrogen) atoms. The van der Waals surface area contributed by atoms with Gasteiger partial charge in [-0.1, -0.05) is 0 Å². The second kappa shape index (κ2) is 4.58. The lowest BCUT2D eigenvalue weighted by molar-refractivity contribution is 0.162. The lowest BCUT2D eigenvalue weighted by atomic mass is 10.6. The van der Waals surface area contributed by atoms with Gasteiger partial charge < -0.3 is 15.4 Å². The van der Waals surface area contributed by atoms with Gasteiger partial charge in [0.05, 0.1) is 6.54 Å². The fraction of sp³-hybridized carbons (Fsp3) is 0.714. The molecular formula is C7H13N3O2. The van der Waals surface area contributed by atoms with Crippen molar-refractivity contribution in [1.82, 2.24) is 10.6 Å². The van der Waals surface area contributed by atoms with Crippen LogP contribution in [0.5, 0.6) is 0 Å². The monoisotopic (exact) mass is 171 g/mol. The molecule has 0 bridgehead atoms. The summed E-state index contributed by atoms with van der Waals surface area (Å²) in [7, 11) is 0. The van der Waals surface area contributed by atoms with Crippen molar-refractivity contribution in [2.75, 3.05) is 26.2 Å². The molecule has 1 rings (SSSR count). The highest BCUT2D eigenvalue weighted by atomic mass is 16.5. The Kier molecular flexibility index (Phi) is 3.37. The number of hydrogen-bond donors (Lipinski definition) is 2. The maximum atomic E-state index is 10.8. The van der Waals surface area contributed by atoms with Crippen LogP contribution < -0.4 is 10.6 Å². The molecule has 0 unspecified atom stereocenters. The van der Waals surface area contributed by atoms with Gasteiger partial charge in [0, 0.05) is 13.1 Å². The Morgan fingerprint density at radius 1 is 1.83 bits per heavy atom. The number of carbonyl (C=O) groups is 1. The minimum absolute atomic E-state index is 0.242. The minimum atomic E-state index is -0.395. The molecule has 1 aliphatic rings. The molecule has 0 radical (unpaired) electrons. The van der Waals surface area contributed by atoms with Gasteiger partial charge in [0.1, 0.15) is 5.84 Å². The van der Waals surface area contributed by atoms with E-state index in [1.165, 1.54) is 0 Å². The van der Waals surface area contributed by atoms with Gasteiger partial charge in [-0.3, -0.25) is 4.99 Å². The van der Waals surface area contributed by atoms with E-state index in [1.807, 2.05) is 6.92 Å². The molecule has 0 saturated carbocycles. The summed E-state index contributed by atoms with van der Waals surface area (Å²) in [5.41, 5.74) is 0. The molecule has 68 valence electrons. The van der Waals surface area contributed by atoms with E-state index in [4.69, 9.17) is 4.74 Å². The Hall–Kier alpha value is -1.26. The molecule has 0 aromatic rings. The maximum Gasteiger partial charge on any atom is 0.407 e. The molecule has 0 fully saturated rings. The summed E-state index contributed by atoms with van der Waals surface area (Å²) in [4.78, 5) is 14.9. The van der Waals surface area contributed by atoms with Gasteiger partial charge in [-0.25, -0.2) is 4.79 Å². The quantitative estimate of drug-likeness (QED) is 0.614. The molecular weight excluding hydrogens is 158 g/mol. The number of alkyl carbamates (subject to hydrolysis) is 1. The summed E-state index contributed by atoms with van der Waals surface area (Å²) in [5, 5.41) is 5.52. The van der Waals surface area contributed by atoms with Crippen LogP contribution in [0, 0.1) is 0 Å². The van der Waals surface area contributed by atoms with E-state index in [-0.39, 0.29) is 6.61 Å². The van der Waals surface area contributed by atoms with Crippen LogP contribution in [0.3, 0.4) is 0 Å². The molecule has 0 spiro atoms. The van der Waals surface area contributed by atoms with E-state index in [1.54, 1.807) is 0 Å². The van der Waals surface area contributed by atoms with Gasteiger partial charge in [-0.2, -0.15) is 0 Å². The zero-order valence-electron chi connectivity index (χ0n) is 7.09. The summed E-state index contributed by atoms with van der Waals surface area (Å²) in [6, 6.07) is 0. The Labute approximate surface area is 71.2 Å². The van der Waals surface area contributed by atoms with E-state index < -0.39 is 6.09 Å². The molecule has 0 atom stereocenters. The van der Waals surface area contributed by atoms with Crippen LogP contribution in [0.15, 0.2) is 4.99 Å². The Morgan fingerprint density at radius 3 is 3.25 bits per heavy atom. The molecule has 0 aromatic heterocycles. The number of carbonyl (C=O) groups excluding carboxylic acids is 1. The Bertz CT molecular complexity index is 191. The SMILES string of the molecule is CCNC(=O)OCC1=NCCN1. The first kappa shape index (κ1) is 8.83. The molecule has 2 N–H and O–H groups in total. The topological polar surface area (TPSA) is 62.7 Å². The van der Waals surface area contributed by atoms with Crippen molar-refractivity contribution in [1.29, 1.82) is 0 Å². The number of amides is 1. The van der Waals surface area contributed by atoms with Crippen molar-refractivity contribution in [3.05, 3.63) is 0 Å². The summed E-state index contributed by atoms with van der Waals surface area (Å²) >= 11 is 0. The van der Waals surface area contributed by atoms with Gasteiger partial charge in [0.25, 0.3) is 0 Å². The number of amidine groups is 1. The highest BCUT2D eigenvalue weighted by Gasteiger charge is 2.07. The molecule has 1 amide bonds. The van der Waals surface area contributed by atoms with E-state index in [0.29, 0.717) is 6.54 Å². The smallest absolute Gasteiger partial charge is 0.407 e. The molecule has 5 nitrogen and oxygen atoms in total. The fourth-order valence-electron chi connectivity index (χ4n) is 0.873. The first-order valence-corrected chi connectivity index (χ1v) is 4.00. The highest BCUT2D eigenvalue weighted by molar-refractivity contribution is 5.86. The largest absolute Gasteiger partial charge is 0.441 e. The second-order valence-electron chi connectivity index (χ2n) is 2.36. The van der Waals surface area contributed by atoms with E-state index in [2.05, 4.69) is 15.6 Å². The summed E-state index contributed by atoms with van der Waals surface area (Å²) in [6.45, 7) is 4.28. The second-order valence-corrected chi connectivity index (χ2v) is 2.36. The first-order chi connectivity index (χ1) is 5.83. The zero-order chi connectivity index (χ0) is 8.81. The van der Waals surface area contributed by atoms with Crippen LogP contribution in [0.25, 0.3) is 0 Å². The van der Waals surface area contributed by atoms with Gasteiger partial charge in [-0.15, -0.1) is 0 Å². The van der Waals surface area contributed by atoms with Crippen molar-refractivity contribution in [2.45, 2.75) is 6.92 Å². The van der Waals surface area contributed by atoms with Crippen molar-refractivity contribution in [3.63, 3.8) is 0 Å². The molecule has 0 aromatic carbocycles. The minimum Gasteiger partial charge on any atom is -0.441 e. The van der Waals surface area contributed by atoms with E-state index in [9.17, 15) is 4.79 Å². The van der Waals surface area contributed by atoms with Gasteiger partial charge in [0.2, 0.25) is 0 Å². The molecule has 0 aliphatic carbocycles. The lowest BCUT2D eigenvalue weighted by Crippen LogP contribution is -2.30. The van der Waals surface area contributed by atoms with Crippen LogP contribution in [0.2, 0.25) is 0 Å². The van der Waals surface area contributed by atoms with Crippen molar-refractivity contribution >= 4 is 11.9 Å². The summed E-state index contributed by atoms with van der Waals surface area (Å²) in [5.74, 6) is 0.751. The van der Waals surface area contributed by atoms with Crippen molar-refractivity contribution in [3.8, 4) is 0 Å². The van der Waals surface area contributed by atoms with Crippen LogP contribution in [0.1, 0.15) is 6.92 Å². The lowest BCUT2D eigenvalue weighted by Gasteiger charge is -2.04. The molecule has 0 saturated heterocycles. The summed E-state index contributed by atoms with van der Waals surface area (Å²) < 4.78 is 4.82. The maximum absolute atomic E-state index is 10.8. The highest BCUT2D eigenvalue weighted by Crippen LogP contribution is 1.86. The number of ether oxygens (including phenoxy) is 1. The fourth-order valence-corrected chi connectivity index (χ4v) is 0.873. The Morgan fingerprint density at radius 2 is 2.67 bits per heavy atom. The van der Waals surface area contributed by atoms with Crippen molar-refractivity contribution in [2.24, 2.45) is 4.99 Å². The van der Waals surface area contributed by atoms with E-state index >= 15 is 0 Å². The number of aliphatic imine (C=N–C) groups is 1. The predicted octanol–water partition coefficient (Wildman–Crippen LogP) is -0.266. The predicted molar refractivity (Wildman–Crippen MR) is 45.3 cm³/mol. The number of nitrogens with zero attached hydrogens (tertiary/aromatic N) is 1. The number of rotatable bonds is 3. The van der Waals surface area contributed by atoms with E-state index in [0.717, 1.165) is 18.9 Å². The summed E-state index contributed by atoms with van der Waals surface area (Å²) in [6.07, 6.45) is -0.395. The normalized spacial score (nSPS) is 14.9. The molecule has 1 aliphatic heterocycles. The average molecular weight is 171 g/mol. The van der Waals surface area contributed by atoms with Crippen LogP contribution in [0.4, 0.5) is 4.79 Å². The average Bonchev–Trinajstić information content (AvgIpc) is 2.53. The third-order valence-electron chi connectivity index (χ3n) is 1.40. The number of nitrogens with one attached hydrogen (secondary N) is 2. The third-order valence-corrected chi connectivity index (χ3v) is 1.40. The third kappa shape index (κ3) is 2.77. The Balaban J connectivity index is 2.12. The van der Waals surface area contributed by atoms with Gasteiger partial charge >= 0.3 is 6.09 Å². The number of hydrogen-bond acceptors (Lipinski definition) is 4. The molecule has 5 heteroatoms. The standard InChI is InChI=1S/C7H13N3O2/c1-2-8-7(11)12-5-6-9-3-4-10-6/h2-5H2,1H3,(H,8,11)(H,9,10). The van der Waals surface area contributed by atoms with Crippen LogP contribution in [-0.2, 0) is 4.74 Å². The van der Waals surface area contributed by atoms with Crippen LogP contribution in [-0.4, -0.2) is 38.2 Å². The zero-order valence-corrected chi connectivity index (χ0v) is 7.09. The van der Waals surface area contributed by atoms with Crippen LogP contribution >= 0.6 is 0 Å². The van der Waals surface area contributed by atoms with Gasteiger partial charge in [0.15, 0.2) is 6.61 Å². The van der Waals surface area contributed by atoms with Gasteiger partial charge in [-0.05, 0) is 6.92 Å². The molecule has 1 heterocycles.